The van der Waals surface area contributed by atoms with E-state index in [1.807, 2.05) is 54.6 Å². The highest BCUT2D eigenvalue weighted by Crippen LogP contribution is 2.30. The zero-order valence-corrected chi connectivity index (χ0v) is 10.4. The van der Waals surface area contributed by atoms with Gasteiger partial charge in [0.25, 0.3) is 0 Å². The van der Waals surface area contributed by atoms with Gasteiger partial charge in [-0.3, -0.25) is 4.98 Å². The molecule has 0 spiro atoms. The van der Waals surface area contributed by atoms with Gasteiger partial charge in [0, 0.05) is 23.7 Å². The minimum atomic E-state index is 0.458. The summed E-state index contributed by atoms with van der Waals surface area (Å²) >= 11 is 0. The number of benzene rings is 2. The van der Waals surface area contributed by atoms with Crippen molar-refractivity contribution in [3.63, 3.8) is 0 Å². The number of rotatable bonds is 3. The zero-order chi connectivity index (χ0) is 13.1. The van der Waals surface area contributed by atoms with Crippen LogP contribution in [0.15, 0.2) is 60.8 Å². The third-order valence-electron chi connectivity index (χ3n) is 3.02. The summed E-state index contributed by atoms with van der Waals surface area (Å²) in [6.07, 6.45) is 1.78. The van der Waals surface area contributed by atoms with Crippen molar-refractivity contribution >= 4 is 10.9 Å². The van der Waals surface area contributed by atoms with Gasteiger partial charge in [-0.2, -0.15) is 0 Å². The molecule has 1 heterocycles. The molecule has 0 bridgehead atoms. The molecule has 0 aliphatic heterocycles. The van der Waals surface area contributed by atoms with Gasteiger partial charge >= 0.3 is 0 Å². The van der Waals surface area contributed by atoms with Crippen LogP contribution in [0.2, 0.25) is 0 Å². The van der Waals surface area contributed by atoms with Crippen molar-refractivity contribution in [1.82, 2.24) is 4.98 Å². The van der Waals surface area contributed by atoms with Crippen LogP contribution < -0.4 is 10.5 Å². The lowest BCUT2D eigenvalue weighted by molar-refractivity contribution is 0.482. The van der Waals surface area contributed by atoms with Crippen LogP contribution in [0.4, 0.5) is 0 Å². The Labute approximate surface area is 111 Å². The highest BCUT2D eigenvalue weighted by molar-refractivity contribution is 5.85. The average molecular weight is 250 g/mol. The number of aromatic nitrogens is 1. The topological polar surface area (TPSA) is 48.1 Å². The van der Waals surface area contributed by atoms with Crippen LogP contribution in [0, 0.1) is 0 Å². The maximum atomic E-state index is 5.99. The predicted molar refractivity (Wildman–Crippen MR) is 76.2 cm³/mol. The standard InChI is InChI=1S/C16H14N2O/c17-11-12-5-1-2-8-15(12)19-16-9-3-7-14-13(16)6-4-10-18-14/h1-10H,11,17H2. The molecule has 0 amide bonds. The van der Waals surface area contributed by atoms with Crippen molar-refractivity contribution in [3.05, 3.63) is 66.4 Å². The van der Waals surface area contributed by atoms with E-state index in [0.717, 1.165) is 28.0 Å². The summed E-state index contributed by atoms with van der Waals surface area (Å²) in [4.78, 5) is 4.32. The zero-order valence-electron chi connectivity index (χ0n) is 10.4. The number of nitrogens with two attached hydrogens (primary N) is 1. The van der Waals surface area contributed by atoms with Crippen molar-refractivity contribution in [2.75, 3.05) is 0 Å². The molecular weight excluding hydrogens is 236 g/mol. The number of pyridine rings is 1. The van der Waals surface area contributed by atoms with Crippen LogP contribution in [0.1, 0.15) is 5.56 Å². The SMILES string of the molecule is NCc1ccccc1Oc1cccc2ncccc12. The lowest BCUT2D eigenvalue weighted by Crippen LogP contribution is -1.99. The van der Waals surface area contributed by atoms with Crippen LogP contribution in [-0.2, 0) is 6.54 Å². The lowest BCUT2D eigenvalue weighted by Gasteiger charge is -2.11. The van der Waals surface area contributed by atoms with E-state index in [9.17, 15) is 0 Å². The lowest BCUT2D eigenvalue weighted by atomic mass is 10.2. The van der Waals surface area contributed by atoms with E-state index >= 15 is 0 Å². The van der Waals surface area contributed by atoms with E-state index in [4.69, 9.17) is 10.5 Å². The Balaban J connectivity index is 2.06. The van der Waals surface area contributed by atoms with E-state index in [1.165, 1.54) is 0 Å². The molecular formula is C16H14N2O. The number of fused-ring (bicyclic) bond motifs is 1. The van der Waals surface area contributed by atoms with E-state index in [1.54, 1.807) is 6.20 Å². The molecule has 2 aromatic carbocycles. The highest BCUT2D eigenvalue weighted by Gasteiger charge is 2.06. The predicted octanol–water partition coefficient (Wildman–Crippen LogP) is 3.49. The molecule has 3 aromatic rings. The van der Waals surface area contributed by atoms with Crippen LogP contribution in [-0.4, -0.2) is 4.98 Å². The van der Waals surface area contributed by atoms with Gasteiger partial charge in [-0.15, -0.1) is 0 Å². The molecule has 0 atom stereocenters. The van der Waals surface area contributed by atoms with Crippen molar-refractivity contribution in [2.45, 2.75) is 6.54 Å². The molecule has 0 aliphatic rings. The average Bonchev–Trinajstić information content (AvgIpc) is 2.48. The second kappa shape index (κ2) is 5.08. The van der Waals surface area contributed by atoms with Gasteiger partial charge in [-0.25, -0.2) is 0 Å². The molecule has 0 saturated carbocycles. The van der Waals surface area contributed by atoms with Crippen molar-refractivity contribution in [1.29, 1.82) is 0 Å². The molecule has 2 N–H and O–H groups in total. The van der Waals surface area contributed by atoms with Crippen LogP contribution in [0.5, 0.6) is 11.5 Å². The van der Waals surface area contributed by atoms with Crippen LogP contribution >= 0.6 is 0 Å². The fourth-order valence-electron chi connectivity index (χ4n) is 2.05. The number of para-hydroxylation sites is 1. The van der Waals surface area contributed by atoms with Crippen molar-refractivity contribution in [2.24, 2.45) is 5.73 Å². The second-order valence-corrected chi connectivity index (χ2v) is 4.24. The monoisotopic (exact) mass is 250 g/mol. The fraction of sp³-hybridized carbons (Fsp3) is 0.0625. The Morgan fingerprint density at radius 1 is 0.895 bits per heavy atom. The van der Waals surface area contributed by atoms with Gasteiger partial charge in [-0.1, -0.05) is 24.3 Å². The molecule has 19 heavy (non-hydrogen) atoms. The highest BCUT2D eigenvalue weighted by atomic mass is 16.5. The minimum Gasteiger partial charge on any atom is -0.456 e. The molecule has 0 aliphatic carbocycles. The number of hydrogen-bond acceptors (Lipinski definition) is 3. The molecule has 0 saturated heterocycles. The molecule has 94 valence electrons. The molecule has 3 rings (SSSR count). The van der Waals surface area contributed by atoms with E-state index in [2.05, 4.69) is 4.98 Å². The quantitative estimate of drug-likeness (QED) is 0.774. The smallest absolute Gasteiger partial charge is 0.136 e. The number of ether oxygens (including phenoxy) is 1. The molecule has 0 radical (unpaired) electrons. The van der Waals surface area contributed by atoms with Gasteiger partial charge in [0.15, 0.2) is 0 Å². The summed E-state index contributed by atoms with van der Waals surface area (Å²) in [6, 6.07) is 17.6. The Morgan fingerprint density at radius 3 is 2.63 bits per heavy atom. The van der Waals surface area contributed by atoms with Gasteiger partial charge in [-0.05, 0) is 30.3 Å². The number of hydrogen-bond donors (Lipinski definition) is 1. The number of nitrogens with zero attached hydrogens (tertiary/aromatic N) is 1. The van der Waals surface area contributed by atoms with Gasteiger partial charge in [0.1, 0.15) is 11.5 Å². The Hall–Kier alpha value is -2.39. The minimum absolute atomic E-state index is 0.458. The van der Waals surface area contributed by atoms with Gasteiger partial charge in [0.2, 0.25) is 0 Å². The largest absolute Gasteiger partial charge is 0.456 e. The first-order chi connectivity index (χ1) is 9.38. The third-order valence-corrected chi connectivity index (χ3v) is 3.02. The third kappa shape index (κ3) is 2.28. The maximum absolute atomic E-state index is 5.99. The first kappa shape index (κ1) is 11.7. The van der Waals surface area contributed by atoms with Crippen molar-refractivity contribution < 1.29 is 4.74 Å². The first-order valence-electron chi connectivity index (χ1n) is 6.18. The first-order valence-corrected chi connectivity index (χ1v) is 6.18. The van der Waals surface area contributed by atoms with Crippen LogP contribution in [0.25, 0.3) is 10.9 Å². The van der Waals surface area contributed by atoms with E-state index in [0.29, 0.717) is 6.54 Å². The normalized spacial score (nSPS) is 10.6. The molecule has 3 nitrogen and oxygen atoms in total. The molecule has 1 aromatic heterocycles. The summed E-state index contributed by atoms with van der Waals surface area (Å²) in [5, 5.41) is 0.997. The summed E-state index contributed by atoms with van der Waals surface area (Å²) < 4.78 is 5.99. The molecule has 3 heteroatoms. The second-order valence-electron chi connectivity index (χ2n) is 4.24. The Bertz CT molecular complexity index is 704. The van der Waals surface area contributed by atoms with Crippen LogP contribution in [0.3, 0.4) is 0 Å². The van der Waals surface area contributed by atoms with Crippen molar-refractivity contribution in [3.8, 4) is 11.5 Å². The van der Waals surface area contributed by atoms with E-state index in [-0.39, 0.29) is 0 Å². The Morgan fingerprint density at radius 2 is 1.74 bits per heavy atom. The van der Waals surface area contributed by atoms with Gasteiger partial charge in [0.05, 0.1) is 5.52 Å². The fourth-order valence-corrected chi connectivity index (χ4v) is 2.05. The summed E-state index contributed by atoms with van der Waals surface area (Å²) in [7, 11) is 0. The van der Waals surface area contributed by atoms with Gasteiger partial charge < -0.3 is 10.5 Å². The summed E-state index contributed by atoms with van der Waals surface area (Å²) in [6.45, 7) is 0.458. The molecule has 0 fully saturated rings. The Kier molecular flexibility index (Phi) is 3.12. The maximum Gasteiger partial charge on any atom is 0.136 e. The summed E-state index contributed by atoms with van der Waals surface area (Å²) in [5.41, 5.74) is 7.64. The molecule has 0 unspecified atom stereocenters. The summed E-state index contributed by atoms with van der Waals surface area (Å²) in [5.74, 6) is 1.59. The van der Waals surface area contributed by atoms with E-state index < -0.39 is 0 Å².